The highest BCUT2D eigenvalue weighted by atomic mass is 32.2. The quantitative estimate of drug-likeness (QED) is 0.695. The second-order valence-corrected chi connectivity index (χ2v) is 7.57. The highest BCUT2D eigenvalue weighted by Gasteiger charge is 2.21. The molecule has 1 aliphatic carbocycles. The monoisotopic (exact) mass is 353 g/mol. The molecule has 1 aromatic carbocycles. The van der Waals surface area contributed by atoms with Crippen LogP contribution in [-0.2, 0) is 14.8 Å². The standard InChI is InChI=1S/C16H23N3O4S/c1-2-17-24(22,23)14-10-8-13(9-11-14)16(21)19-18-15(20)12-6-4-3-5-7-12/h8-12,17H,2-7H2,1H3,(H,18,20)(H,19,21). The molecule has 1 aromatic rings. The summed E-state index contributed by atoms with van der Waals surface area (Å²) in [6.07, 6.45) is 4.91. The van der Waals surface area contributed by atoms with Gasteiger partial charge in [-0.05, 0) is 37.1 Å². The number of carbonyl (C=O) groups is 2. The predicted molar refractivity (Wildman–Crippen MR) is 89.5 cm³/mol. The molecule has 2 amide bonds. The molecule has 0 aliphatic heterocycles. The molecule has 0 spiro atoms. The summed E-state index contributed by atoms with van der Waals surface area (Å²) in [5.74, 6) is -0.701. The Morgan fingerprint density at radius 2 is 1.67 bits per heavy atom. The van der Waals surface area contributed by atoms with Gasteiger partial charge in [0, 0.05) is 18.0 Å². The van der Waals surface area contributed by atoms with Crippen molar-refractivity contribution in [1.29, 1.82) is 0 Å². The van der Waals surface area contributed by atoms with Gasteiger partial charge < -0.3 is 0 Å². The SMILES string of the molecule is CCNS(=O)(=O)c1ccc(C(=O)NNC(=O)C2CCCCC2)cc1. The maximum absolute atomic E-state index is 12.0. The van der Waals surface area contributed by atoms with Gasteiger partial charge in [-0.3, -0.25) is 20.4 Å². The normalized spacial score (nSPS) is 15.7. The van der Waals surface area contributed by atoms with E-state index < -0.39 is 15.9 Å². The van der Waals surface area contributed by atoms with Crippen molar-refractivity contribution < 1.29 is 18.0 Å². The zero-order valence-electron chi connectivity index (χ0n) is 13.7. The van der Waals surface area contributed by atoms with Crippen LogP contribution in [0.15, 0.2) is 29.2 Å². The molecule has 0 atom stereocenters. The van der Waals surface area contributed by atoms with Gasteiger partial charge in [0.15, 0.2) is 0 Å². The summed E-state index contributed by atoms with van der Waals surface area (Å²) in [5.41, 5.74) is 5.10. The number of hydrogen-bond acceptors (Lipinski definition) is 4. The van der Waals surface area contributed by atoms with Gasteiger partial charge in [0.2, 0.25) is 15.9 Å². The van der Waals surface area contributed by atoms with Gasteiger partial charge in [-0.2, -0.15) is 0 Å². The number of amides is 2. The summed E-state index contributed by atoms with van der Waals surface area (Å²) in [6.45, 7) is 1.98. The van der Waals surface area contributed by atoms with Gasteiger partial charge in [0.1, 0.15) is 0 Å². The molecule has 0 radical (unpaired) electrons. The molecule has 0 unspecified atom stereocenters. The zero-order chi connectivity index (χ0) is 17.6. The Hall–Kier alpha value is -1.93. The van der Waals surface area contributed by atoms with Crippen molar-refractivity contribution in [2.24, 2.45) is 5.92 Å². The maximum Gasteiger partial charge on any atom is 0.269 e. The number of carbonyl (C=O) groups excluding carboxylic acids is 2. The Morgan fingerprint density at radius 3 is 2.25 bits per heavy atom. The molecule has 1 saturated carbocycles. The van der Waals surface area contributed by atoms with E-state index in [9.17, 15) is 18.0 Å². The third kappa shape index (κ3) is 4.78. The molecule has 2 rings (SSSR count). The molecule has 7 nitrogen and oxygen atoms in total. The van der Waals surface area contributed by atoms with Crippen molar-refractivity contribution in [2.75, 3.05) is 6.54 Å². The van der Waals surface area contributed by atoms with Gasteiger partial charge in [-0.1, -0.05) is 26.2 Å². The Bertz CT molecular complexity index is 680. The number of sulfonamides is 1. The van der Waals surface area contributed by atoms with Gasteiger partial charge in [-0.15, -0.1) is 0 Å². The molecule has 3 N–H and O–H groups in total. The molecule has 0 heterocycles. The lowest BCUT2D eigenvalue weighted by molar-refractivity contribution is -0.126. The van der Waals surface area contributed by atoms with Crippen molar-refractivity contribution >= 4 is 21.8 Å². The van der Waals surface area contributed by atoms with Crippen molar-refractivity contribution in [3.8, 4) is 0 Å². The lowest BCUT2D eigenvalue weighted by Crippen LogP contribution is -2.44. The van der Waals surface area contributed by atoms with Crippen LogP contribution in [0.2, 0.25) is 0 Å². The van der Waals surface area contributed by atoms with Gasteiger partial charge in [-0.25, -0.2) is 13.1 Å². The largest absolute Gasteiger partial charge is 0.273 e. The fourth-order valence-electron chi connectivity index (χ4n) is 2.72. The molecule has 1 aliphatic rings. The van der Waals surface area contributed by atoms with Crippen LogP contribution in [0.3, 0.4) is 0 Å². The van der Waals surface area contributed by atoms with Crippen LogP contribution in [0.4, 0.5) is 0 Å². The minimum atomic E-state index is -3.54. The highest BCUT2D eigenvalue weighted by molar-refractivity contribution is 7.89. The summed E-state index contributed by atoms with van der Waals surface area (Å²) >= 11 is 0. The number of nitrogens with one attached hydrogen (secondary N) is 3. The van der Waals surface area contributed by atoms with Crippen LogP contribution >= 0.6 is 0 Å². The summed E-state index contributed by atoms with van der Waals surface area (Å²) in [6, 6.07) is 5.53. The molecule has 0 saturated heterocycles. The van der Waals surface area contributed by atoms with Crippen LogP contribution in [0.1, 0.15) is 49.4 Å². The first-order valence-corrected chi connectivity index (χ1v) is 9.62. The summed E-state index contributed by atoms with van der Waals surface area (Å²) in [7, 11) is -3.54. The van der Waals surface area contributed by atoms with Crippen LogP contribution in [0, 0.1) is 5.92 Å². The highest BCUT2D eigenvalue weighted by Crippen LogP contribution is 2.23. The van der Waals surface area contributed by atoms with Crippen LogP contribution in [0.25, 0.3) is 0 Å². The zero-order valence-corrected chi connectivity index (χ0v) is 14.5. The Labute approximate surface area is 142 Å². The van der Waals surface area contributed by atoms with Crippen molar-refractivity contribution in [3.05, 3.63) is 29.8 Å². The molecule has 0 aromatic heterocycles. The number of benzene rings is 1. The van der Waals surface area contributed by atoms with Gasteiger partial charge in [0.05, 0.1) is 4.90 Å². The third-order valence-corrected chi connectivity index (χ3v) is 5.60. The first-order valence-electron chi connectivity index (χ1n) is 8.14. The first-order chi connectivity index (χ1) is 11.4. The van der Waals surface area contributed by atoms with E-state index in [-0.39, 0.29) is 28.8 Å². The summed E-state index contributed by atoms with van der Waals surface area (Å²) < 4.78 is 26.0. The summed E-state index contributed by atoms with van der Waals surface area (Å²) in [4.78, 5) is 24.1. The van der Waals surface area contributed by atoms with Crippen molar-refractivity contribution in [2.45, 2.75) is 43.9 Å². The predicted octanol–water partition coefficient (Wildman–Crippen LogP) is 1.33. The first kappa shape index (κ1) is 18.4. The lowest BCUT2D eigenvalue weighted by Gasteiger charge is -2.20. The lowest BCUT2D eigenvalue weighted by atomic mass is 9.89. The number of hydrazine groups is 1. The van der Waals surface area contributed by atoms with Crippen LogP contribution in [0.5, 0.6) is 0 Å². The minimum Gasteiger partial charge on any atom is -0.273 e. The fraction of sp³-hybridized carbons (Fsp3) is 0.500. The molecule has 24 heavy (non-hydrogen) atoms. The Morgan fingerprint density at radius 1 is 1.04 bits per heavy atom. The smallest absolute Gasteiger partial charge is 0.269 e. The third-order valence-electron chi connectivity index (χ3n) is 4.04. The van der Waals surface area contributed by atoms with E-state index in [0.717, 1.165) is 32.1 Å². The molecule has 132 valence electrons. The van der Waals surface area contributed by atoms with E-state index in [1.165, 1.54) is 24.3 Å². The number of rotatable bonds is 5. The molecule has 1 fully saturated rings. The maximum atomic E-state index is 12.0. The van der Waals surface area contributed by atoms with E-state index in [4.69, 9.17) is 0 Å². The van der Waals surface area contributed by atoms with E-state index >= 15 is 0 Å². The minimum absolute atomic E-state index is 0.0494. The topological polar surface area (TPSA) is 104 Å². The van der Waals surface area contributed by atoms with Crippen LogP contribution < -0.4 is 15.6 Å². The van der Waals surface area contributed by atoms with Crippen molar-refractivity contribution in [1.82, 2.24) is 15.6 Å². The molecule has 0 bridgehead atoms. The fourth-order valence-corrected chi connectivity index (χ4v) is 3.76. The average Bonchev–Trinajstić information content (AvgIpc) is 2.60. The number of hydrogen-bond donors (Lipinski definition) is 3. The second kappa shape index (κ2) is 8.25. The van der Waals surface area contributed by atoms with E-state index in [1.54, 1.807) is 6.92 Å². The molecular formula is C16H23N3O4S. The molecule has 8 heteroatoms. The van der Waals surface area contributed by atoms with Crippen molar-refractivity contribution in [3.63, 3.8) is 0 Å². The van der Waals surface area contributed by atoms with Gasteiger partial charge >= 0.3 is 0 Å². The van der Waals surface area contributed by atoms with E-state index in [0.29, 0.717) is 0 Å². The van der Waals surface area contributed by atoms with Gasteiger partial charge in [0.25, 0.3) is 5.91 Å². The summed E-state index contributed by atoms with van der Waals surface area (Å²) in [5, 5.41) is 0. The Kier molecular flexibility index (Phi) is 6.33. The molecular weight excluding hydrogens is 330 g/mol. The van der Waals surface area contributed by atoms with E-state index in [2.05, 4.69) is 15.6 Å². The van der Waals surface area contributed by atoms with Crippen LogP contribution in [-0.4, -0.2) is 26.8 Å². The van der Waals surface area contributed by atoms with E-state index in [1.807, 2.05) is 0 Å². The average molecular weight is 353 g/mol. The second-order valence-electron chi connectivity index (χ2n) is 5.80. The Balaban J connectivity index is 1.91.